The standard InChI is InChI=1S/C15H8ClF2NO3/c16-12-5-1-9(7-14(12)19(21)22)2-6-15(20)11-4-3-10(17)8-13(11)18/h1-8H/b6-2+. The lowest BCUT2D eigenvalue weighted by atomic mass is 10.1. The Labute approximate surface area is 128 Å². The lowest BCUT2D eigenvalue weighted by molar-refractivity contribution is -0.384. The molecule has 2 aromatic carbocycles. The SMILES string of the molecule is O=C(/C=C/c1ccc(Cl)c([N+](=O)[O-])c1)c1ccc(F)cc1F. The average Bonchev–Trinajstić information content (AvgIpc) is 2.45. The van der Waals surface area contributed by atoms with Crippen LogP contribution in [0.15, 0.2) is 42.5 Å². The van der Waals surface area contributed by atoms with Gasteiger partial charge in [0.1, 0.15) is 16.7 Å². The Morgan fingerprint density at radius 2 is 1.91 bits per heavy atom. The third kappa shape index (κ3) is 3.53. The fourth-order valence-corrected chi connectivity index (χ4v) is 1.91. The van der Waals surface area contributed by atoms with Crippen molar-refractivity contribution in [2.24, 2.45) is 0 Å². The summed E-state index contributed by atoms with van der Waals surface area (Å²) in [6.45, 7) is 0. The number of nitro groups is 1. The van der Waals surface area contributed by atoms with Crippen molar-refractivity contribution in [2.45, 2.75) is 0 Å². The van der Waals surface area contributed by atoms with Gasteiger partial charge in [0.05, 0.1) is 10.5 Å². The van der Waals surface area contributed by atoms with E-state index in [1.165, 1.54) is 24.3 Å². The van der Waals surface area contributed by atoms with E-state index in [0.29, 0.717) is 11.6 Å². The van der Waals surface area contributed by atoms with Gasteiger partial charge in [-0.3, -0.25) is 14.9 Å². The summed E-state index contributed by atoms with van der Waals surface area (Å²) in [6.07, 6.45) is 2.33. The molecule has 2 rings (SSSR count). The number of nitrogens with zero attached hydrogens (tertiary/aromatic N) is 1. The Bertz CT molecular complexity index is 790. The van der Waals surface area contributed by atoms with E-state index in [0.717, 1.165) is 18.2 Å². The zero-order chi connectivity index (χ0) is 16.3. The van der Waals surface area contributed by atoms with Crippen molar-refractivity contribution >= 4 is 29.1 Å². The maximum Gasteiger partial charge on any atom is 0.288 e. The molecule has 0 aromatic heterocycles. The van der Waals surface area contributed by atoms with Gasteiger partial charge >= 0.3 is 0 Å². The molecule has 0 saturated heterocycles. The summed E-state index contributed by atoms with van der Waals surface area (Å²) < 4.78 is 26.2. The molecule has 0 N–H and O–H groups in total. The highest BCUT2D eigenvalue weighted by molar-refractivity contribution is 6.32. The van der Waals surface area contributed by atoms with Gasteiger partial charge in [-0.1, -0.05) is 23.7 Å². The average molecular weight is 324 g/mol. The van der Waals surface area contributed by atoms with Gasteiger partial charge in [0.2, 0.25) is 0 Å². The highest BCUT2D eigenvalue weighted by atomic mass is 35.5. The maximum atomic E-state index is 13.4. The van der Waals surface area contributed by atoms with E-state index in [9.17, 15) is 23.7 Å². The van der Waals surface area contributed by atoms with E-state index < -0.39 is 22.3 Å². The van der Waals surface area contributed by atoms with E-state index >= 15 is 0 Å². The first-order chi connectivity index (χ1) is 10.4. The second-order valence-electron chi connectivity index (χ2n) is 4.29. The predicted molar refractivity (Wildman–Crippen MR) is 77.8 cm³/mol. The molecular weight excluding hydrogens is 316 g/mol. The number of halogens is 3. The third-order valence-corrected chi connectivity index (χ3v) is 3.11. The number of ketones is 1. The van der Waals surface area contributed by atoms with Gasteiger partial charge in [-0.05, 0) is 29.8 Å². The number of carbonyl (C=O) groups excluding carboxylic acids is 1. The minimum Gasteiger partial charge on any atom is -0.289 e. The van der Waals surface area contributed by atoms with Crippen molar-refractivity contribution in [2.75, 3.05) is 0 Å². The van der Waals surface area contributed by atoms with Gasteiger partial charge in [0, 0.05) is 12.1 Å². The molecule has 4 nitrogen and oxygen atoms in total. The van der Waals surface area contributed by atoms with E-state index in [4.69, 9.17) is 11.6 Å². The number of nitro benzene ring substituents is 1. The normalized spacial score (nSPS) is 10.9. The van der Waals surface area contributed by atoms with E-state index in [-0.39, 0.29) is 16.3 Å². The summed E-state index contributed by atoms with van der Waals surface area (Å²) >= 11 is 5.67. The first kappa shape index (κ1) is 15.8. The van der Waals surface area contributed by atoms with Crippen LogP contribution < -0.4 is 0 Å². The van der Waals surface area contributed by atoms with Crippen LogP contribution in [0.2, 0.25) is 5.02 Å². The number of benzene rings is 2. The van der Waals surface area contributed by atoms with Gasteiger partial charge in [-0.25, -0.2) is 8.78 Å². The van der Waals surface area contributed by atoms with Crippen molar-refractivity contribution in [3.8, 4) is 0 Å². The number of carbonyl (C=O) groups is 1. The van der Waals surface area contributed by atoms with Gasteiger partial charge in [0.15, 0.2) is 5.78 Å². The molecule has 0 aliphatic heterocycles. The number of allylic oxidation sites excluding steroid dienone is 1. The van der Waals surface area contributed by atoms with Crippen LogP contribution in [0.3, 0.4) is 0 Å². The Kier molecular flexibility index (Phi) is 4.62. The molecule has 2 aromatic rings. The fraction of sp³-hybridized carbons (Fsp3) is 0. The third-order valence-electron chi connectivity index (χ3n) is 2.79. The van der Waals surface area contributed by atoms with E-state index in [2.05, 4.69) is 0 Å². The summed E-state index contributed by atoms with van der Waals surface area (Å²) in [5.74, 6) is -2.45. The van der Waals surface area contributed by atoms with Crippen LogP contribution in [0.5, 0.6) is 0 Å². The smallest absolute Gasteiger partial charge is 0.288 e. The van der Waals surface area contributed by atoms with Gasteiger partial charge in [-0.2, -0.15) is 0 Å². The van der Waals surface area contributed by atoms with Crippen molar-refractivity contribution < 1.29 is 18.5 Å². The molecule has 0 aliphatic carbocycles. The lowest BCUT2D eigenvalue weighted by Crippen LogP contribution is -1.99. The second-order valence-corrected chi connectivity index (χ2v) is 4.70. The lowest BCUT2D eigenvalue weighted by Gasteiger charge is -1.99. The molecular formula is C15H8ClF2NO3. The Morgan fingerprint density at radius 3 is 2.55 bits per heavy atom. The van der Waals surface area contributed by atoms with Crippen molar-refractivity contribution in [1.29, 1.82) is 0 Å². The summed E-state index contributed by atoms with van der Waals surface area (Å²) in [5.41, 5.74) is -0.239. The first-order valence-electron chi connectivity index (χ1n) is 6.00. The van der Waals surface area contributed by atoms with Crippen molar-refractivity contribution in [1.82, 2.24) is 0 Å². The van der Waals surface area contributed by atoms with Crippen LogP contribution in [0, 0.1) is 21.7 Å². The second kappa shape index (κ2) is 6.44. The van der Waals surface area contributed by atoms with Crippen molar-refractivity contribution in [3.05, 3.63) is 80.4 Å². The van der Waals surface area contributed by atoms with Crippen LogP contribution in [0.25, 0.3) is 6.08 Å². The summed E-state index contributed by atoms with van der Waals surface area (Å²) in [6, 6.07) is 6.59. The monoisotopic (exact) mass is 323 g/mol. The molecule has 0 saturated carbocycles. The fourth-order valence-electron chi connectivity index (χ4n) is 1.72. The molecule has 0 radical (unpaired) electrons. The molecule has 112 valence electrons. The maximum absolute atomic E-state index is 13.4. The van der Waals surface area contributed by atoms with Crippen LogP contribution >= 0.6 is 11.6 Å². The highest BCUT2D eigenvalue weighted by Crippen LogP contribution is 2.25. The molecule has 0 bridgehead atoms. The summed E-state index contributed by atoms with van der Waals surface area (Å²) in [5, 5.41) is 10.7. The molecule has 0 spiro atoms. The minimum atomic E-state index is -0.975. The molecule has 0 atom stereocenters. The molecule has 22 heavy (non-hydrogen) atoms. The Balaban J connectivity index is 2.26. The first-order valence-corrected chi connectivity index (χ1v) is 6.37. The van der Waals surface area contributed by atoms with E-state index in [1.54, 1.807) is 0 Å². The van der Waals surface area contributed by atoms with Gasteiger partial charge in [-0.15, -0.1) is 0 Å². The van der Waals surface area contributed by atoms with Crippen molar-refractivity contribution in [3.63, 3.8) is 0 Å². The number of hydrogen-bond donors (Lipinski definition) is 0. The predicted octanol–water partition coefficient (Wildman–Crippen LogP) is 4.42. The molecule has 0 amide bonds. The number of rotatable bonds is 4. The van der Waals surface area contributed by atoms with Crippen LogP contribution in [-0.4, -0.2) is 10.7 Å². The minimum absolute atomic E-state index is 0.0296. The summed E-state index contributed by atoms with van der Waals surface area (Å²) in [7, 11) is 0. The molecule has 0 aliphatic rings. The largest absolute Gasteiger partial charge is 0.289 e. The zero-order valence-electron chi connectivity index (χ0n) is 10.9. The zero-order valence-corrected chi connectivity index (χ0v) is 11.7. The molecule has 0 fully saturated rings. The summed E-state index contributed by atoms with van der Waals surface area (Å²) in [4.78, 5) is 21.9. The Morgan fingerprint density at radius 1 is 1.18 bits per heavy atom. The van der Waals surface area contributed by atoms with Gasteiger partial charge in [0.25, 0.3) is 5.69 Å². The van der Waals surface area contributed by atoms with Gasteiger partial charge < -0.3 is 0 Å². The molecule has 7 heteroatoms. The topological polar surface area (TPSA) is 60.2 Å². The number of hydrogen-bond acceptors (Lipinski definition) is 3. The highest BCUT2D eigenvalue weighted by Gasteiger charge is 2.13. The molecule has 0 unspecified atom stereocenters. The quantitative estimate of drug-likeness (QED) is 0.362. The molecule has 0 heterocycles. The Hall–Kier alpha value is -2.60. The van der Waals surface area contributed by atoms with E-state index in [1.807, 2.05) is 0 Å². The van der Waals surface area contributed by atoms with Crippen LogP contribution in [-0.2, 0) is 0 Å². The van der Waals surface area contributed by atoms with Crippen LogP contribution in [0.4, 0.5) is 14.5 Å². The van der Waals surface area contributed by atoms with Crippen LogP contribution in [0.1, 0.15) is 15.9 Å².